The van der Waals surface area contributed by atoms with Gasteiger partial charge in [0.05, 0.1) is 18.1 Å². The number of hydrogen-bond donors (Lipinski definition) is 3. The molecule has 4 aliphatic heterocycles. The maximum absolute atomic E-state index is 12.3. The third-order valence-electron chi connectivity index (χ3n) is 6.21. The number of carboxylic acid groups (broad SMARTS) is 1. The van der Waals surface area contributed by atoms with Gasteiger partial charge in [-0.05, 0) is 26.2 Å². The molecule has 158 valence electrons. The highest BCUT2D eigenvalue weighted by Crippen LogP contribution is 2.48. The second-order valence-electron chi connectivity index (χ2n) is 8.20. The highest BCUT2D eigenvalue weighted by Gasteiger charge is 2.57. The topological polar surface area (TPSA) is 110 Å². The molecular formula is C20H27N3O5S. The van der Waals surface area contributed by atoms with Crippen molar-refractivity contribution in [3.05, 3.63) is 22.8 Å². The summed E-state index contributed by atoms with van der Waals surface area (Å²) in [5.74, 6) is -1.86. The van der Waals surface area contributed by atoms with Crippen molar-refractivity contribution >= 4 is 29.5 Å². The van der Waals surface area contributed by atoms with Crippen molar-refractivity contribution in [2.24, 2.45) is 5.92 Å². The molecule has 9 heteroatoms. The van der Waals surface area contributed by atoms with Gasteiger partial charge in [0.1, 0.15) is 5.70 Å². The summed E-state index contributed by atoms with van der Waals surface area (Å²) in [6.45, 7) is 3.95. The van der Waals surface area contributed by atoms with E-state index in [1.807, 2.05) is 11.0 Å². The molecule has 0 unspecified atom stereocenters. The Hall–Kier alpha value is -1.84. The minimum atomic E-state index is -1.09. The van der Waals surface area contributed by atoms with Crippen molar-refractivity contribution in [1.82, 2.24) is 15.1 Å². The Labute approximate surface area is 174 Å². The predicted octanol–water partition coefficient (Wildman–Crippen LogP) is 0.536. The van der Waals surface area contributed by atoms with Crippen LogP contribution in [-0.4, -0.2) is 80.9 Å². The van der Waals surface area contributed by atoms with Gasteiger partial charge in [-0.3, -0.25) is 9.59 Å². The molecule has 5 atom stereocenters. The number of thioether (sulfide) groups is 1. The van der Waals surface area contributed by atoms with E-state index < -0.39 is 18.0 Å². The third-order valence-corrected chi connectivity index (χ3v) is 7.55. The molecule has 3 fully saturated rings. The molecule has 8 nitrogen and oxygen atoms in total. The van der Waals surface area contributed by atoms with Crippen molar-refractivity contribution in [3.63, 3.8) is 0 Å². The van der Waals surface area contributed by atoms with E-state index >= 15 is 0 Å². The average Bonchev–Trinajstić information content (AvgIpc) is 3.38. The summed E-state index contributed by atoms with van der Waals surface area (Å²) in [5.41, 5.74) is 0.0742. The van der Waals surface area contributed by atoms with Gasteiger partial charge in [-0.2, -0.15) is 0 Å². The van der Waals surface area contributed by atoms with Crippen LogP contribution in [0.15, 0.2) is 22.8 Å². The number of nitrogens with one attached hydrogen (secondary N) is 1. The molecular weight excluding hydrogens is 394 g/mol. The van der Waals surface area contributed by atoms with Crippen LogP contribution in [0, 0.1) is 5.92 Å². The first kappa shape index (κ1) is 20.4. The van der Waals surface area contributed by atoms with Gasteiger partial charge >= 0.3 is 5.97 Å². The first-order chi connectivity index (χ1) is 13.9. The molecule has 0 aromatic heterocycles. The number of rotatable bonds is 6. The maximum Gasteiger partial charge on any atom is 0.353 e. The summed E-state index contributed by atoms with van der Waals surface area (Å²) in [4.78, 5) is 40.1. The molecule has 0 aromatic rings. The lowest BCUT2D eigenvalue weighted by Gasteiger charge is -2.44. The number of carbonyl (C=O) groups is 3. The van der Waals surface area contributed by atoms with E-state index in [-0.39, 0.29) is 34.8 Å². The molecule has 4 heterocycles. The van der Waals surface area contributed by atoms with E-state index in [9.17, 15) is 24.6 Å². The molecule has 3 N–H and O–H groups in total. The van der Waals surface area contributed by atoms with Crippen LogP contribution in [0.5, 0.6) is 0 Å². The smallest absolute Gasteiger partial charge is 0.353 e. The van der Waals surface area contributed by atoms with Gasteiger partial charge in [-0.1, -0.05) is 6.08 Å². The quantitative estimate of drug-likeness (QED) is 0.424. The number of likely N-dealkylation sites (tertiary alicyclic amines) is 1. The minimum Gasteiger partial charge on any atom is -0.477 e. The standard InChI is InChI=1S/C20H27N3O5S/c1-11(24)17-14-9-15(18(20(27)28)23(14)19(17)26)29-13-8-12(21-10-13)4-5-16(25)22-6-2-3-7-22/h4-5,11-14,17,21,24H,2-3,6-10H2,1H3,(H,27,28)/b5-4+/t11-,12-,13+,14-,17-/m1/s1. The number of hydrogen-bond acceptors (Lipinski definition) is 6. The molecule has 0 aromatic carbocycles. The summed E-state index contributed by atoms with van der Waals surface area (Å²) in [6, 6.07) is -0.169. The zero-order valence-electron chi connectivity index (χ0n) is 16.4. The van der Waals surface area contributed by atoms with Gasteiger partial charge in [0.15, 0.2) is 0 Å². The van der Waals surface area contributed by atoms with Gasteiger partial charge in [-0.15, -0.1) is 11.8 Å². The number of fused-ring (bicyclic) bond motifs is 1. The summed E-state index contributed by atoms with van der Waals surface area (Å²) < 4.78 is 0. The highest BCUT2D eigenvalue weighted by molar-refractivity contribution is 8.03. The van der Waals surface area contributed by atoms with Crippen LogP contribution in [0.25, 0.3) is 0 Å². The van der Waals surface area contributed by atoms with Gasteiger partial charge in [0.2, 0.25) is 11.8 Å². The molecule has 4 aliphatic rings. The van der Waals surface area contributed by atoms with Gasteiger partial charge < -0.3 is 25.3 Å². The molecule has 0 aliphatic carbocycles. The molecule has 29 heavy (non-hydrogen) atoms. The van der Waals surface area contributed by atoms with Crippen LogP contribution in [0.1, 0.15) is 32.6 Å². The van der Waals surface area contributed by atoms with Crippen LogP contribution in [0.4, 0.5) is 0 Å². The Morgan fingerprint density at radius 2 is 2.03 bits per heavy atom. The van der Waals surface area contributed by atoms with Crippen LogP contribution >= 0.6 is 11.8 Å². The lowest BCUT2D eigenvalue weighted by molar-refractivity contribution is -0.161. The van der Waals surface area contributed by atoms with E-state index in [0.717, 1.165) is 32.4 Å². The zero-order valence-corrected chi connectivity index (χ0v) is 17.2. The third kappa shape index (κ3) is 3.83. The van der Waals surface area contributed by atoms with Crippen LogP contribution in [0.2, 0.25) is 0 Å². The van der Waals surface area contributed by atoms with Gasteiger partial charge in [0, 0.05) is 48.3 Å². The summed E-state index contributed by atoms with van der Waals surface area (Å²) >= 11 is 1.51. The molecule has 0 radical (unpaired) electrons. The summed E-state index contributed by atoms with van der Waals surface area (Å²) in [6.07, 6.45) is 6.18. The fourth-order valence-electron chi connectivity index (χ4n) is 4.75. The van der Waals surface area contributed by atoms with Crippen molar-refractivity contribution in [2.75, 3.05) is 19.6 Å². The van der Waals surface area contributed by atoms with Crippen molar-refractivity contribution < 1.29 is 24.6 Å². The lowest BCUT2D eigenvalue weighted by atomic mass is 9.83. The first-order valence-corrected chi connectivity index (χ1v) is 11.1. The molecule has 4 rings (SSSR count). The highest BCUT2D eigenvalue weighted by atomic mass is 32.2. The summed E-state index contributed by atoms with van der Waals surface area (Å²) in [5, 5.41) is 23.0. The number of amides is 2. The van der Waals surface area contributed by atoms with Crippen LogP contribution < -0.4 is 5.32 Å². The largest absolute Gasteiger partial charge is 0.477 e. The van der Waals surface area contributed by atoms with Crippen LogP contribution in [-0.2, 0) is 14.4 Å². The number of carbonyl (C=O) groups excluding carboxylic acids is 2. The normalized spacial score (nSPS) is 32.8. The second kappa shape index (κ2) is 8.12. The number of aliphatic hydroxyl groups is 1. The lowest BCUT2D eigenvalue weighted by Crippen LogP contribution is -2.61. The monoisotopic (exact) mass is 421 g/mol. The molecule has 0 bridgehead atoms. The molecule has 2 amide bonds. The van der Waals surface area contributed by atoms with Gasteiger partial charge in [-0.25, -0.2) is 4.79 Å². The van der Waals surface area contributed by atoms with Crippen molar-refractivity contribution in [2.45, 2.75) is 56.0 Å². The Morgan fingerprint density at radius 3 is 2.69 bits per heavy atom. The molecule has 0 saturated carbocycles. The van der Waals surface area contributed by atoms with E-state index in [2.05, 4.69) is 5.32 Å². The number of nitrogens with zero attached hydrogens (tertiary/aromatic N) is 2. The average molecular weight is 422 g/mol. The number of aliphatic carboxylic acids is 1. The van der Waals surface area contributed by atoms with Crippen molar-refractivity contribution in [1.29, 1.82) is 0 Å². The Balaban J connectivity index is 1.36. The zero-order chi connectivity index (χ0) is 20.7. The predicted molar refractivity (Wildman–Crippen MR) is 108 cm³/mol. The first-order valence-electron chi connectivity index (χ1n) is 10.2. The Morgan fingerprint density at radius 1 is 1.31 bits per heavy atom. The summed E-state index contributed by atoms with van der Waals surface area (Å²) in [7, 11) is 0. The Bertz CT molecular complexity index is 774. The maximum atomic E-state index is 12.3. The van der Waals surface area contributed by atoms with E-state index in [0.29, 0.717) is 17.9 Å². The van der Waals surface area contributed by atoms with E-state index in [1.165, 1.54) is 16.7 Å². The Kier molecular flexibility index (Phi) is 5.72. The second-order valence-corrected chi connectivity index (χ2v) is 9.60. The number of carboxylic acids is 1. The number of β-lactam (4-membered cyclic amide) rings is 1. The molecule has 0 spiro atoms. The van der Waals surface area contributed by atoms with E-state index in [1.54, 1.807) is 13.0 Å². The molecule has 3 saturated heterocycles. The number of aliphatic hydroxyl groups excluding tert-OH is 1. The van der Waals surface area contributed by atoms with E-state index in [4.69, 9.17) is 0 Å². The van der Waals surface area contributed by atoms with Crippen molar-refractivity contribution in [3.8, 4) is 0 Å². The van der Waals surface area contributed by atoms with Crippen LogP contribution in [0.3, 0.4) is 0 Å². The van der Waals surface area contributed by atoms with Gasteiger partial charge in [0.25, 0.3) is 0 Å². The fourth-order valence-corrected chi connectivity index (χ4v) is 6.20. The minimum absolute atomic E-state index is 0.0547. The fraction of sp³-hybridized carbons (Fsp3) is 0.650. The SMILES string of the molecule is C[C@@H](O)[C@H]1C(=O)N2C(C(=O)O)=C(S[C@@H]3CN[C@H](/C=C/C(=O)N4CCCC4)C3)C[C@H]12.